The molecule has 106 valence electrons. The van der Waals surface area contributed by atoms with Crippen molar-refractivity contribution in [2.45, 2.75) is 44.2 Å². The Kier molecular flexibility index (Phi) is 3.19. The predicted molar refractivity (Wildman–Crippen MR) is 83.1 cm³/mol. The largest absolute Gasteiger partial charge is 0.458 e. The molecule has 2 aromatic rings. The van der Waals surface area contributed by atoms with Crippen LogP contribution in [0.25, 0.3) is 11.0 Å². The summed E-state index contributed by atoms with van der Waals surface area (Å²) in [7, 11) is 0. The number of benzene rings is 1. The minimum absolute atomic E-state index is 0.494. The van der Waals surface area contributed by atoms with E-state index in [0.717, 1.165) is 17.7 Å². The molecule has 0 amide bonds. The Bertz CT molecular complexity index is 686. The lowest BCUT2D eigenvalue weighted by molar-refractivity contribution is 0.506. The molecule has 0 aliphatic heterocycles. The summed E-state index contributed by atoms with van der Waals surface area (Å²) in [5, 5.41) is 6.01. The third-order valence-corrected chi connectivity index (χ3v) is 5.10. The minimum atomic E-state index is 0.494. The Morgan fingerprint density at radius 2 is 1.85 bits per heavy atom. The molecule has 0 radical (unpaired) electrons. The number of halogens is 3. The van der Waals surface area contributed by atoms with Crippen LogP contribution in [0.2, 0.25) is 15.1 Å². The Labute approximate surface area is 132 Å². The zero-order valence-corrected chi connectivity index (χ0v) is 13.1. The van der Waals surface area contributed by atoms with Crippen molar-refractivity contribution in [2.75, 3.05) is 0 Å². The van der Waals surface area contributed by atoms with Crippen molar-refractivity contribution in [2.24, 2.45) is 0 Å². The summed E-state index contributed by atoms with van der Waals surface area (Å²) in [5.74, 6) is 1.51. The molecule has 1 aromatic heterocycles. The van der Waals surface area contributed by atoms with E-state index in [9.17, 15) is 0 Å². The van der Waals surface area contributed by atoms with E-state index in [1.807, 2.05) is 0 Å². The topological polar surface area (TPSA) is 25.2 Å². The maximum Gasteiger partial charge on any atom is 0.154 e. The highest BCUT2D eigenvalue weighted by atomic mass is 35.5. The van der Waals surface area contributed by atoms with Crippen LogP contribution in [0.5, 0.6) is 0 Å². The molecule has 2 aliphatic rings. The molecule has 0 spiro atoms. The standard InChI is InChI=1S/C15H14Cl3NO/c16-9-5-10(17)15-13(14(9)18)12(7-1-2-7)11(20-15)6-19-8-3-4-8/h5,7-8,19H,1-4,6H2. The van der Waals surface area contributed by atoms with Crippen LogP contribution in [-0.2, 0) is 6.54 Å². The zero-order chi connectivity index (χ0) is 13.9. The lowest BCUT2D eigenvalue weighted by Crippen LogP contribution is -2.15. The number of nitrogens with one attached hydrogen (secondary N) is 1. The highest BCUT2D eigenvalue weighted by Crippen LogP contribution is 2.50. The lowest BCUT2D eigenvalue weighted by atomic mass is 10.1. The van der Waals surface area contributed by atoms with Crippen molar-refractivity contribution in [3.63, 3.8) is 0 Å². The number of furan rings is 1. The molecule has 20 heavy (non-hydrogen) atoms. The molecule has 2 saturated carbocycles. The van der Waals surface area contributed by atoms with Crippen LogP contribution >= 0.6 is 34.8 Å². The van der Waals surface area contributed by atoms with Crippen molar-refractivity contribution in [1.29, 1.82) is 0 Å². The van der Waals surface area contributed by atoms with Gasteiger partial charge in [-0.2, -0.15) is 0 Å². The van der Waals surface area contributed by atoms with Gasteiger partial charge in [-0.1, -0.05) is 34.8 Å². The van der Waals surface area contributed by atoms with Crippen molar-refractivity contribution < 1.29 is 4.42 Å². The molecule has 2 aliphatic carbocycles. The number of fused-ring (bicyclic) bond motifs is 1. The summed E-state index contributed by atoms with van der Waals surface area (Å²) in [6.45, 7) is 0.745. The third kappa shape index (κ3) is 2.23. The van der Waals surface area contributed by atoms with Gasteiger partial charge in [0.1, 0.15) is 5.76 Å². The first-order valence-electron chi connectivity index (χ1n) is 6.97. The van der Waals surface area contributed by atoms with E-state index in [1.165, 1.54) is 31.2 Å². The van der Waals surface area contributed by atoms with Gasteiger partial charge in [-0.25, -0.2) is 0 Å². The fraction of sp³-hybridized carbons (Fsp3) is 0.467. The van der Waals surface area contributed by atoms with Crippen LogP contribution in [0.4, 0.5) is 0 Å². The van der Waals surface area contributed by atoms with Gasteiger partial charge in [0, 0.05) is 17.0 Å². The van der Waals surface area contributed by atoms with Gasteiger partial charge in [0.2, 0.25) is 0 Å². The van der Waals surface area contributed by atoms with E-state index in [0.29, 0.717) is 32.6 Å². The number of hydrogen-bond donors (Lipinski definition) is 1. The fourth-order valence-electron chi connectivity index (χ4n) is 2.70. The van der Waals surface area contributed by atoms with Crippen molar-refractivity contribution in [1.82, 2.24) is 5.32 Å². The minimum Gasteiger partial charge on any atom is -0.458 e. The van der Waals surface area contributed by atoms with E-state index >= 15 is 0 Å². The molecule has 2 fully saturated rings. The average Bonchev–Trinajstić information content (AvgIpc) is 3.32. The summed E-state index contributed by atoms with van der Waals surface area (Å²) >= 11 is 18.8. The van der Waals surface area contributed by atoms with Gasteiger partial charge in [0.25, 0.3) is 0 Å². The molecule has 0 unspecified atom stereocenters. The van der Waals surface area contributed by atoms with E-state index < -0.39 is 0 Å². The molecule has 1 aromatic carbocycles. The van der Waals surface area contributed by atoms with Crippen molar-refractivity contribution in [3.8, 4) is 0 Å². The Hall–Kier alpha value is -0.410. The van der Waals surface area contributed by atoms with Crippen LogP contribution in [0.15, 0.2) is 10.5 Å². The molecule has 5 heteroatoms. The van der Waals surface area contributed by atoms with E-state index in [-0.39, 0.29) is 0 Å². The molecule has 0 saturated heterocycles. The van der Waals surface area contributed by atoms with Gasteiger partial charge >= 0.3 is 0 Å². The lowest BCUT2D eigenvalue weighted by Gasteiger charge is -2.04. The summed E-state index contributed by atoms with van der Waals surface area (Å²) in [4.78, 5) is 0. The Balaban J connectivity index is 1.87. The first-order valence-corrected chi connectivity index (χ1v) is 8.10. The fourth-order valence-corrected chi connectivity index (χ4v) is 3.44. The van der Waals surface area contributed by atoms with Crippen LogP contribution in [-0.4, -0.2) is 6.04 Å². The third-order valence-electron chi connectivity index (χ3n) is 4.04. The maximum absolute atomic E-state index is 6.39. The summed E-state index contributed by atoms with van der Waals surface area (Å²) in [6.07, 6.45) is 4.88. The molecule has 0 bridgehead atoms. The Morgan fingerprint density at radius 1 is 1.10 bits per heavy atom. The second kappa shape index (κ2) is 4.81. The van der Waals surface area contributed by atoms with Gasteiger partial charge in [0.05, 0.1) is 21.6 Å². The van der Waals surface area contributed by atoms with Crippen molar-refractivity contribution >= 4 is 45.8 Å². The summed E-state index contributed by atoms with van der Waals surface area (Å²) < 4.78 is 6.01. The SMILES string of the molecule is Clc1cc(Cl)c2oc(CNC3CC3)c(C3CC3)c2c1Cl. The number of hydrogen-bond acceptors (Lipinski definition) is 2. The van der Waals surface area contributed by atoms with E-state index in [4.69, 9.17) is 39.2 Å². The van der Waals surface area contributed by atoms with Crippen LogP contribution in [0, 0.1) is 0 Å². The second-order valence-corrected chi connectivity index (χ2v) is 6.92. The quantitative estimate of drug-likeness (QED) is 0.746. The van der Waals surface area contributed by atoms with Gasteiger partial charge in [-0.15, -0.1) is 0 Å². The number of rotatable bonds is 4. The highest BCUT2D eigenvalue weighted by molar-refractivity contribution is 6.47. The summed E-state index contributed by atoms with van der Waals surface area (Å²) in [6, 6.07) is 2.30. The molecular formula is C15H14Cl3NO. The monoisotopic (exact) mass is 329 g/mol. The van der Waals surface area contributed by atoms with Gasteiger partial charge in [-0.3, -0.25) is 0 Å². The normalized spacial score (nSPS) is 18.9. The molecular weight excluding hydrogens is 317 g/mol. The molecule has 4 rings (SSSR count). The van der Waals surface area contributed by atoms with E-state index in [1.54, 1.807) is 6.07 Å². The van der Waals surface area contributed by atoms with Gasteiger partial charge < -0.3 is 9.73 Å². The van der Waals surface area contributed by atoms with Gasteiger partial charge in [0.15, 0.2) is 5.58 Å². The van der Waals surface area contributed by atoms with Crippen LogP contribution < -0.4 is 5.32 Å². The predicted octanol–water partition coefficient (Wildman–Crippen LogP) is 5.52. The highest BCUT2D eigenvalue weighted by Gasteiger charge is 2.33. The summed E-state index contributed by atoms with van der Waals surface area (Å²) in [5.41, 5.74) is 1.89. The first-order chi connectivity index (χ1) is 9.65. The smallest absolute Gasteiger partial charge is 0.154 e. The van der Waals surface area contributed by atoms with Crippen LogP contribution in [0.1, 0.15) is 42.9 Å². The molecule has 2 nitrogen and oxygen atoms in total. The van der Waals surface area contributed by atoms with Crippen molar-refractivity contribution in [3.05, 3.63) is 32.5 Å². The average molecular weight is 331 g/mol. The van der Waals surface area contributed by atoms with E-state index in [2.05, 4.69) is 5.32 Å². The molecule has 0 atom stereocenters. The Morgan fingerprint density at radius 3 is 2.50 bits per heavy atom. The molecule has 1 N–H and O–H groups in total. The first kappa shape index (κ1) is 13.3. The van der Waals surface area contributed by atoms with Crippen LogP contribution in [0.3, 0.4) is 0 Å². The van der Waals surface area contributed by atoms with Gasteiger partial charge in [-0.05, 0) is 37.7 Å². The molecule has 1 heterocycles. The maximum atomic E-state index is 6.39. The zero-order valence-electron chi connectivity index (χ0n) is 10.8. The second-order valence-electron chi connectivity index (χ2n) is 5.73.